The van der Waals surface area contributed by atoms with Gasteiger partial charge in [-0.15, -0.1) is 11.3 Å². The minimum atomic E-state index is -0.296. The number of hydrogen-bond donors (Lipinski definition) is 0. The lowest BCUT2D eigenvalue weighted by Gasteiger charge is -2.35. The third kappa shape index (κ3) is 5.06. The van der Waals surface area contributed by atoms with Crippen LogP contribution in [0.3, 0.4) is 0 Å². The van der Waals surface area contributed by atoms with Gasteiger partial charge in [0.2, 0.25) is 11.8 Å². The Morgan fingerprint density at radius 1 is 1.12 bits per heavy atom. The summed E-state index contributed by atoms with van der Waals surface area (Å²) < 4.78 is 14.1. The van der Waals surface area contributed by atoms with Gasteiger partial charge in [0.05, 0.1) is 18.2 Å². The number of benzene rings is 2. The molecule has 2 aromatic carbocycles. The van der Waals surface area contributed by atoms with Crippen molar-refractivity contribution in [3.05, 3.63) is 69.2 Å². The van der Waals surface area contributed by atoms with Crippen LogP contribution in [-0.4, -0.2) is 59.3 Å². The number of rotatable bonds is 5. The van der Waals surface area contributed by atoms with Gasteiger partial charge in [0.15, 0.2) is 0 Å². The standard InChI is InChI=1S/C25H24BrFN4O2S/c26-19-2-1-3-21(13-19)31-14-18(12-24(31)32)25(33)30-10-8-29(9-11-30)15-23-28-22(16-34-23)17-4-6-20(27)7-5-17/h1-7,13,16,18H,8-12,14-15H2. The second-order valence-electron chi connectivity index (χ2n) is 8.62. The Labute approximate surface area is 210 Å². The number of carbonyl (C=O) groups excluding carboxylic acids is 2. The molecule has 34 heavy (non-hydrogen) atoms. The monoisotopic (exact) mass is 542 g/mol. The van der Waals surface area contributed by atoms with Crippen LogP contribution in [0.4, 0.5) is 10.1 Å². The number of carbonyl (C=O) groups is 2. The van der Waals surface area contributed by atoms with E-state index in [1.165, 1.54) is 12.1 Å². The third-order valence-electron chi connectivity index (χ3n) is 6.33. The van der Waals surface area contributed by atoms with Gasteiger partial charge in [-0.2, -0.15) is 0 Å². The second-order valence-corrected chi connectivity index (χ2v) is 10.5. The molecule has 3 aromatic rings. The minimum absolute atomic E-state index is 0.00388. The molecule has 0 bridgehead atoms. The first-order chi connectivity index (χ1) is 16.5. The molecule has 0 radical (unpaired) electrons. The molecule has 1 atom stereocenters. The minimum Gasteiger partial charge on any atom is -0.340 e. The maximum Gasteiger partial charge on any atom is 0.228 e. The molecule has 0 spiro atoms. The van der Waals surface area contributed by atoms with Crippen molar-refractivity contribution in [2.24, 2.45) is 5.92 Å². The Bertz CT molecular complexity index is 1190. The van der Waals surface area contributed by atoms with Crippen LogP contribution >= 0.6 is 27.3 Å². The topological polar surface area (TPSA) is 56.8 Å². The number of amides is 2. The molecular weight excluding hydrogens is 519 g/mol. The lowest BCUT2D eigenvalue weighted by atomic mass is 10.1. The molecule has 0 N–H and O–H groups in total. The number of nitrogens with zero attached hydrogens (tertiary/aromatic N) is 4. The van der Waals surface area contributed by atoms with Crippen molar-refractivity contribution in [2.45, 2.75) is 13.0 Å². The van der Waals surface area contributed by atoms with E-state index in [4.69, 9.17) is 4.98 Å². The van der Waals surface area contributed by atoms with Crippen LogP contribution < -0.4 is 4.90 Å². The first kappa shape index (κ1) is 23.1. The Morgan fingerprint density at radius 3 is 2.62 bits per heavy atom. The number of hydrogen-bond acceptors (Lipinski definition) is 5. The zero-order valence-corrected chi connectivity index (χ0v) is 20.9. The third-order valence-corrected chi connectivity index (χ3v) is 7.66. The molecule has 2 aliphatic heterocycles. The molecule has 6 nitrogen and oxygen atoms in total. The average molecular weight is 543 g/mol. The lowest BCUT2D eigenvalue weighted by Crippen LogP contribution is -2.50. The van der Waals surface area contributed by atoms with Crippen molar-refractivity contribution in [2.75, 3.05) is 37.6 Å². The van der Waals surface area contributed by atoms with E-state index in [2.05, 4.69) is 20.8 Å². The molecule has 5 rings (SSSR count). The summed E-state index contributed by atoms with van der Waals surface area (Å²) >= 11 is 5.04. The SMILES string of the molecule is O=C(C1CC(=O)N(c2cccc(Br)c2)C1)N1CCN(Cc2nc(-c3ccc(F)cc3)cs2)CC1. The molecule has 0 saturated carbocycles. The highest BCUT2D eigenvalue weighted by molar-refractivity contribution is 9.10. The van der Waals surface area contributed by atoms with E-state index >= 15 is 0 Å². The molecule has 2 amide bonds. The zero-order chi connectivity index (χ0) is 23.7. The van der Waals surface area contributed by atoms with Gasteiger partial charge in [0.1, 0.15) is 10.8 Å². The molecule has 0 aliphatic carbocycles. The van der Waals surface area contributed by atoms with Gasteiger partial charge in [-0.25, -0.2) is 9.37 Å². The van der Waals surface area contributed by atoms with Gasteiger partial charge < -0.3 is 9.80 Å². The van der Waals surface area contributed by atoms with Gasteiger partial charge in [0, 0.05) is 60.2 Å². The van der Waals surface area contributed by atoms with Crippen LogP contribution in [0.1, 0.15) is 11.4 Å². The normalized spacial score (nSPS) is 19.1. The van der Waals surface area contributed by atoms with Crippen LogP contribution in [0.2, 0.25) is 0 Å². The largest absolute Gasteiger partial charge is 0.340 e. The Kier molecular flexibility index (Phi) is 6.76. The maximum atomic E-state index is 13.2. The summed E-state index contributed by atoms with van der Waals surface area (Å²) in [6.07, 6.45) is 0.261. The predicted octanol–water partition coefficient (Wildman–Crippen LogP) is 4.41. The lowest BCUT2D eigenvalue weighted by molar-refractivity contribution is -0.137. The Morgan fingerprint density at radius 2 is 1.88 bits per heavy atom. The van der Waals surface area contributed by atoms with Gasteiger partial charge in [0.25, 0.3) is 0 Å². The second kappa shape index (κ2) is 9.93. The average Bonchev–Trinajstić information content (AvgIpc) is 3.46. The van der Waals surface area contributed by atoms with Gasteiger partial charge >= 0.3 is 0 Å². The quantitative estimate of drug-likeness (QED) is 0.479. The first-order valence-electron chi connectivity index (χ1n) is 11.2. The summed E-state index contributed by atoms with van der Waals surface area (Å²) in [6.45, 7) is 4.00. The number of thiazole rings is 1. The van der Waals surface area contributed by atoms with Gasteiger partial charge in [-0.05, 0) is 42.5 Å². The molecule has 2 saturated heterocycles. The fraction of sp³-hybridized carbons (Fsp3) is 0.320. The summed E-state index contributed by atoms with van der Waals surface area (Å²) in [7, 11) is 0. The van der Waals surface area contributed by atoms with Crippen molar-refractivity contribution < 1.29 is 14.0 Å². The van der Waals surface area contributed by atoms with Crippen molar-refractivity contribution in [3.63, 3.8) is 0 Å². The highest BCUT2D eigenvalue weighted by Crippen LogP contribution is 2.29. The molecule has 9 heteroatoms. The predicted molar refractivity (Wildman–Crippen MR) is 134 cm³/mol. The van der Waals surface area contributed by atoms with Crippen molar-refractivity contribution in [1.29, 1.82) is 0 Å². The summed E-state index contributed by atoms with van der Waals surface area (Å²) in [4.78, 5) is 36.3. The van der Waals surface area contributed by atoms with E-state index in [1.54, 1.807) is 28.4 Å². The molecule has 176 valence electrons. The molecule has 1 aromatic heterocycles. The van der Waals surface area contributed by atoms with E-state index in [0.29, 0.717) is 19.6 Å². The van der Waals surface area contributed by atoms with E-state index in [-0.39, 0.29) is 30.0 Å². The summed E-state index contributed by atoms with van der Waals surface area (Å²) in [6, 6.07) is 14.0. The summed E-state index contributed by atoms with van der Waals surface area (Å²) in [5.74, 6) is -0.487. The van der Waals surface area contributed by atoms with E-state index in [0.717, 1.165) is 46.1 Å². The fourth-order valence-corrected chi connectivity index (χ4v) is 5.71. The highest BCUT2D eigenvalue weighted by Gasteiger charge is 2.38. The van der Waals surface area contributed by atoms with Crippen LogP contribution in [0, 0.1) is 11.7 Å². The fourth-order valence-electron chi connectivity index (χ4n) is 4.48. The summed E-state index contributed by atoms with van der Waals surface area (Å²) in [5, 5.41) is 3.00. The molecule has 1 unspecified atom stereocenters. The number of halogens is 2. The number of anilines is 1. The Hall–Kier alpha value is -2.62. The first-order valence-corrected chi connectivity index (χ1v) is 12.9. The van der Waals surface area contributed by atoms with Crippen molar-refractivity contribution in [1.82, 2.24) is 14.8 Å². The van der Waals surface area contributed by atoms with E-state index in [1.807, 2.05) is 34.5 Å². The van der Waals surface area contributed by atoms with Crippen molar-refractivity contribution >= 4 is 44.8 Å². The molecule has 3 heterocycles. The molecular formula is C25H24BrFN4O2S. The highest BCUT2D eigenvalue weighted by atomic mass is 79.9. The van der Waals surface area contributed by atoms with Gasteiger partial charge in [-0.1, -0.05) is 22.0 Å². The van der Waals surface area contributed by atoms with Crippen LogP contribution in [0.5, 0.6) is 0 Å². The summed E-state index contributed by atoms with van der Waals surface area (Å²) in [5.41, 5.74) is 2.58. The van der Waals surface area contributed by atoms with Gasteiger partial charge in [-0.3, -0.25) is 14.5 Å². The van der Waals surface area contributed by atoms with Crippen molar-refractivity contribution in [3.8, 4) is 11.3 Å². The number of aromatic nitrogens is 1. The molecule has 2 aliphatic rings. The van der Waals surface area contributed by atoms with Crippen LogP contribution in [0.15, 0.2) is 58.4 Å². The zero-order valence-electron chi connectivity index (χ0n) is 18.5. The smallest absolute Gasteiger partial charge is 0.228 e. The Balaban J connectivity index is 1.14. The van der Waals surface area contributed by atoms with Crippen LogP contribution in [0.25, 0.3) is 11.3 Å². The number of piperazine rings is 1. The van der Waals surface area contributed by atoms with E-state index < -0.39 is 0 Å². The maximum absolute atomic E-state index is 13.2. The van der Waals surface area contributed by atoms with E-state index in [9.17, 15) is 14.0 Å². The van der Waals surface area contributed by atoms with Crippen LogP contribution in [-0.2, 0) is 16.1 Å². The molecule has 2 fully saturated rings.